The number of hydrogen-bond acceptors (Lipinski definition) is 3. The first-order valence-corrected chi connectivity index (χ1v) is 9.49. The number of nitrogens with one attached hydrogen (secondary N) is 1. The van der Waals surface area contributed by atoms with Gasteiger partial charge in [-0.15, -0.1) is 0 Å². The molecule has 1 aliphatic carbocycles. The Hall–Kier alpha value is -0.120. The molecular weight excluding hydrogens is 260 g/mol. The van der Waals surface area contributed by atoms with E-state index in [0.29, 0.717) is 12.2 Å². The van der Waals surface area contributed by atoms with Crippen LogP contribution in [0.25, 0.3) is 0 Å². The van der Waals surface area contributed by atoms with Crippen LogP contribution in [-0.4, -0.2) is 48.3 Å². The molecule has 21 heavy (non-hydrogen) atoms. The summed E-state index contributed by atoms with van der Waals surface area (Å²) in [6.07, 6.45) is 13.6. The van der Waals surface area contributed by atoms with Crippen molar-refractivity contribution in [2.24, 2.45) is 5.92 Å². The van der Waals surface area contributed by atoms with Gasteiger partial charge < -0.3 is 10.1 Å². The normalized spacial score (nSPS) is 45.3. The van der Waals surface area contributed by atoms with Gasteiger partial charge in [0.2, 0.25) is 0 Å². The Labute approximate surface area is 129 Å². The first-order chi connectivity index (χ1) is 10.3. The van der Waals surface area contributed by atoms with E-state index in [1.165, 1.54) is 70.9 Å². The molecule has 0 aromatic rings. The highest BCUT2D eigenvalue weighted by Crippen LogP contribution is 2.39. The number of hydrogen-bond donors (Lipinski definition) is 1. The number of piperazine rings is 1. The van der Waals surface area contributed by atoms with E-state index in [1.807, 2.05) is 0 Å². The Balaban J connectivity index is 1.44. The van der Waals surface area contributed by atoms with Gasteiger partial charge in [0.1, 0.15) is 0 Å². The molecule has 3 saturated heterocycles. The first kappa shape index (κ1) is 14.5. The van der Waals surface area contributed by atoms with E-state index in [1.54, 1.807) is 0 Å². The molecule has 3 heterocycles. The molecule has 4 aliphatic rings. The second kappa shape index (κ2) is 6.17. The van der Waals surface area contributed by atoms with E-state index >= 15 is 0 Å². The van der Waals surface area contributed by atoms with Crippen LogP contribution in [0.3, 0.4) is 0 Å². The average molecular weight is 292 g/mol. The van der Waals surface area contributed by atoms with Crippen molar-refractivity contribution in [2.75, 3.05) is 13.1 Å². The van der Waals surface area contributed by atoms with Crippen LogP contribution in [0.1, 0.15) is 64.7 Å². The van der Waals surface area contributed by atoms with Crippen LogP contribution < -0.4 is 5.32 Å². The zero-order chi connectivity index (χ0) is 14.2. The van der Waals surface area contributed by atoms with Crippen molar-refractivity contribution in [1.29, 1.82) is 0 Å². The number of nitrogens with zero attached hydrogens (tertiary/aromatic N) is 1. The van der Waals surface area contributed by atoms with Gasteiger partial charge in [-0.1, -0.05) is 26.2 Å². The molecule has 3 heteroatoms. The highest BCUT2D eigenvalue weighted by molar-refractivity contribution is 5.00. The third-order valence-corrected chi connectivity index (χ3v) is 6.68. The summed E-state index contributed by atoms with van der Waals surface area (Å²) >= 11 is 0. The summed E-state index contributed by atoms with van der Waals surface area (Å²) in [5.74, 6) is 0.929. The van der Waals surface area contributed by atoms with Gasteiger partial charge in [-0.2, -0.15) is 0 Å². The second-order valence-electron chi connectivity index (χ2n) is 7.85. The molecule has 5 unspecified atom stereocenters. The topological polar surface area (TPSA) is 24.5 Å². The lowest BCUT2D eigenvalue weighted by molar-refractivity contribution is 0.0183. The van der Waals surface area contributed by atoms with Crippen LogP contribution in [0.5, 0.6) is 0 Å². The van der Waals surface area contributed by atoms with Gasteiger partial charge >= 0.3 is 0 Å². The summed E-state index contributed by atoms with van der Waals surface area (Å²) < 4.78 is 6.15. The van der Waals surface area contributed by atoms with Crippen molar-refractivity contribution in [1.82, 2.24) is 10.2 Å². The smallest absolute Gasteiger partial charge is 0.0736 e. The van der Waals surface area contributed by atoms with Crippen molar-refractivity contribution in [3.63, 3.8) is 0 Å². The largest absolute Gasteiger partial charge is 0.373 e. The van der Waals surface area contributed by atoms with Crippen LogP contribution in [0.2, 0.25) is 0 Å². The standard InChI is InChI=1S/C18H32N2O/c1-2-14-11-19-16(13-6-4-3-5-7-13)12-20(14)17-10-15-8-9-18(17)21-15/h13-19H,2-12H2,1H3. The maximum Gasteiger partial charge on any atom is 0.0736 e. The molecule has 4 rings (SSSR count). The lowest BCUT2D eigenvalue weighted by Crippen LogP contribution is -2.62. The summed E-state index contributed by atoms with van der Waals surface area (Å²) in [7, 11) is 0. The third kappa shape index (κ3) is 2.77. The van der Waals surface area contributed by atoms with Gasteiger partial charge in [0, 0.05) is 31.2 Å². The summed E-state index contributed by atoms with van der Waals surface area (Å²) in [4.78, 5) is 2.86. The number of ether oxygens (including phenoxy) is 1. The Morgan fingerprint density at radius 3 is 2.62 bits per heavy atom. The minimum atomic E-state index is 0.550. The zero-order valence-electron chi connectivity index (χ0n) is 13.6. The molecule has 1 N–H and O–H groups in total. The molecule has 5 atom stereocenters. The van der Waals surface area contributed by atoms with Crippen molar-refractivity contribution in [3.8, 4) is 0 Å². The minimum absolute atomic E-state index is 0.550. The number of fused-ring (bicyclic) bond motifs is 2. The fourth-order valence-corrected chi connectivity index (χ4v) is 5.44. The van der Waals surface area contributed by atoms with Crippen LogP contribution in [0, 0.1) is 5.92 Å². The molecule has 0 aromatic carbocycles. The van der Waals surface area contributed by atoms with E-state index in [-0.39, 0.29) is 0 Å². The molecule has 0 spiro atoms. The Morgan fingerprint density at radius 1 is 1.10 bits per heavy atom. The van der Waals surface area contributed by atoms with E-state index in [0.717, 1.165) is 24.0 Å². The predicted octanol–water partition coefficient (Wildman–Crippen LogP) is 2.94. The Kier molecular flexibility index (Phi) is 4.25. The summed E-state index contributed by atoms with van der Waals surface area (Å²) in [5.41, 5.74) is 0. The van der Waals surface area contributed by atoms with Crippen molar-refractivity contribution >= 4 is 0 Å². The second-order valence-corrected chi connectivity index (χ2v) is 7.85. The Morgan fingerprint density at radius 2 is 1.95 bits per heavy atom. The molecule has 4 fully saturated rings. The van der Waals surface area contributed by atoms with Crippen LogP contribution in [0.4, 0.5) is 0 Å². The van der Waals surface area contributed by atoms with Gasteiger partial charge in [0.25, 0.3) is 0 Å². The van der Waals surface area contributed by atoms with Gasteiger partial charge in [0.15, 0.2) is 0 Å². The van der Waals surface area contributed by atoms with Crippen molar-refractivity contribution < 1.29 is 4.74 Å². The van der Waals surface area contributed by atoms with Gasteiger partial charge in [0.05, 0.1) is 12.2 Å². The van der Waals surface area contributed by atoms with Gasteiger partial charge in [-0.25, -0.2) is 0 Å². The quantitative estimate of drug-likeness (QED) is 0.865. The Bertz CT molecular complexity index is 355. The highest BCUT2D eigenvalue weighted by Gasteiger charge is 2.46. The average Bonchev–Trinajstić information content (AvgIpc) is 3.18. The fourth-order valence-electron chi connectivity index (χ4n) is 5.44. The van der Waals surface area contributed by atoms with E-state index in [2.05, 4.69) is 17.1 Å². The van der Waals surface area contributed by atoms with Crippen molar-refractivity contribution in [2.45, 2.75) is 95.0 Å². The maximum absolute atomic E-state index is 6.15. The molecule has 2 bridgehead atoms. The van der Waals surface area contributed by atoms with E-state index in [9.17, 15) is 0 Å². The monoisotopic (exact) mass is 292 g/mol. The van der Waals surface area contributed by atoms with Crippen LogP contribution >= 0.6 is 0 Å². The SMILES string of the molecule is CCC1CNC(C2CCCCC2)CN1C1CC2CCC1O2. The fraction of sp³-hybridized carbons (Fsp3) is 1.00. The molecule has 3 nitrogen and oxygen atoms in total. The minimum Gasteiger partial charge on any atom is -0.373 e. The van der Waals surface area contributed by atoms with Gasteiger partial charge in [-0.05, 0) is 44.4 Å². The van der Waals surface area contributed by atoms with Crippen molar-refractivity contribution in [3.05, 3.63) is 0 Å². The summed E-state index contributed by atoms with van der Waals surface area (Å²) in [6, 6.07) is 2.20. The lowest BCUT2D eigenvalue weighted by atomic mass is 9.81. The summed E-state index contributed by atoms with van der Waals surface area (Å²) in [5, 5.41) is 3.90. The third-order valence-electron chi connectivity index (χ3n) is 6.68. The molecular formula is C18H32N2O. The first-order valence-electron chi connectivity index (χ1n) is 9.49. The van der Waals surface area contributed by atoms with E-state index in [4.69, 9.17) is 4.74 Å². The predicted molar refractivity (Wildman–Crippen MR) is 85.5 cm³/mol. The lowest BCUT2D eigenvalue weighted by Gasteiger charge is -2.47. The zero-order valence-corrected chi connectivity index (χ0v) is 13.6. The van der Waals surface area contributed by atoms with Gasteiger partial charge in [-0.3, -0.25) is 4.90 Å². The van der Waals surface area contributed by atoms with Crippen LogP contribution in [0.15, 0.2) is 0 Å². The molecule has 3 aliphatic heterocycles. The molecule has 0 aromatic heterocycles. The molecule has 120 valence electrons. The molecule has 1 saturated carbocycles. The maximum atomic E-state index is 6.15. The number of rotatable bonds is 3. The molecule has 0 amide bonds. The van der Waals surface area contributed by atoms with Crippen LogP contribution in [-0.2, 0) is 4.74 Å². The van der Waals surface area contributed by atoms with E-state index < -0.39 is 0 Å². The summed E-state index contributed by atoms with van der Waals surface area (Å²) in [6.45, 7) is 4.83. The molecule has 0 radical (unpaired) electrons. The highest BCUT2D eigenvalue weighted by atomic mass is 16.5.